The van der Waals surface area contributed by atoms with Crippen LogP contribution >= 0.6 is 0 Å². The Labute approximate surface area is 99.7 Å². The van der Waals surface area contributed by atoms with Gasteiger partial charge in [0.1, 0.15) is 0 Å². The van der Waals surface area contributed by atoms with Crippen molar-refractivity contribution in [3.63, 3.8) is 0 Å². The van der Waals surface area contributed by atoms with E-state index in [4.69, 9.17) is 4.74 Å². The zero-order chi connectivity index (χ0) is 12.3. The van der Waals surface area contributed by atoms with E-state index in [9.17, 15) is 4.79 Å². The van der Waals surface area contributed by atoms with E-state index in [2.05, 4.69) is 9.97 Å². The first kappa shape index (κ1) is 11.4. The van der Waals surface area contributed by atoms with Gasteiger partial charge in [0.15, 0.2) is 0 Å². The third kappa shape index (κ3) is 2.36. The van der Waals surface area contributed by atoms with Crippen molar-refractivity contribution in [1.82, 2.24) is 9.97 Å². The van der Waals surface area contributed by atoms with Crippen LogP contribution in [0.1, 0.15) is 27.2 Å². The Morgan fingerprint density at radius 3 is 2.94 bits per heavy atom. The Morgan fingerprint density at radius 1 is 1.47 bits per heavy atom. The summed E-state index contributed by atoms with van der Waals surface area (Å²) in [5, 5.41) is 0. The molecule has 0 spiro atoms. The molecule has 0 atom stereocenters. The fourth-order valence-electron chi connectivity index (χ4n) is 1.79. The molecule has 0 aliphatic heterocycles. The number of nitrogens with one attached hydrogen (secondary N) is 1. The number of carbonyl (C=O) groups excluding carboxylic acids is 1. The Bertz CT molecular complexity index is 518. The van der Waals surface area contributed by atoms with Crippen molar-refractivity contribution in [1.29, 1.82) is 0 Å². The third-order valence-electron chi connectivity index (χ3n) is 2.79. The maximum Gasteiger partial charge on any atom is 0.338 e. The van der Waals surface area contributed by atoms with Crippen molar-refractivity contribution in [2.24, 2.45) is 0 Å². The SMILES string of the molecule is COC(=O)c1cccc(Cc2c[15n]c[15nH]2)c1C. The molecule has 0 radical (unpaired) electrons. The highest BCUT2D eigenvalue weighted by atomic mass is 16.5. The zero-order valence-electron chi connectivity index (χ0n) is 9.86. The van der Waals surface area contributed by atoms with Gasteiger partial charge in [-0.1, -0.05) is 12.1 Å². The highest BCUT2D eigenvalue weighted by molar-refractivity contribution is 5.91. The molecule has 0 bridgehead atoms. The van der Waals surface area contributed by atoms with Crippen LogP contribution in [0.4, 0.5) is 0 Å². The van der Waals surface area contributed by atoms with Gasteiger partial charge in [-0.2, -0.15) is 0 Å². The van der Waals surface area contributed by atoms with Gasteiger partial charge in [-0.25, -0.2) is 9.78 Å². The number of rotatable bonds is 3. The van der Waals surface area contributed by atoms with Crippen molar-refractivity contribution < 1.29 is 9.53 Å². The van der Waals surface area contributed by atoms with Crippen LogP contribution in [0.15, 0.2) is 30.7 Å². The molecule has 0 amide bonds. The van der Waals surface area contributed by atoms with Crippen molar-refractivity contribution in [3.8, 4) is 0 Å². The fraction of sp³-hybridized carbons (Fsp3) is 0.231. The van der Waals surface area contributed by atoms with Crippen LogP contribution in [0.2, 0.25) is 0 Å². The Kier molecular flexibility index (Phi) is 3.23. The van der Waals surface area contributed by atoms with E-state index >= 15 is 0 Å². The van der Waals surface area contributed by atoms with E-state index in [0.29, 0.717) is 5.56 Å². The minimum Gasteiger partial charge on any atom is -0.465 e. The number of esters is 1. The van der Waals surface area contributed by atoms with Gasteiger partial charge in [0.25, 0.3) is 0 Å². The van der Waals surface area contributed by atoms with Crippen molar-refractivity contribution in [2.45, 2.75) is 13.3 Å². The number of hydrogen-bond acceptors (Lipinski definition) is 3. The second kappa shape index (κ2) is 4.82. The van der Waals surface area contributed by atoms with Gasteiger partial charge in [-0.15, -0.1) is 0 Å². The number of aromatic nitrogens is 2. The van der Waals surface area contributed by atoms with Gasteiger partial charge in [0, 0.05) is 18.3 Å². The molecule has 88 valence electrons. The molecule has 2 rings (SSSR count). The van der Waals surface area contributed by atoms with Crippen LogP contribution in [0, 0.1) is 6.92 Å². The molecule has 1 aromatic carbocycles. The smallest absolute Gasteiger partial charge is 0.338 e. The highest BCUT2D eigenvalue weighted by Gasteiger charge is 2.11. The number of methoxy groups -OCH3 is 1. The molecular formula is C13H14N2O2. The average Bonchev–Trinajstić information content (AvgIpc) is 2.84. The summed E-state index contributed by atoms with van der Waals surface area (Å²) >= 11 is 0. The number of hydrogen-bond donors (Lipinski definition) is 1. The first-order valence-corrected chi connectivity index (χ1v) is 5.36. The molecular weight excluding hydrogens is 218 g/mol. The average molecular weight is 232 g/mol. The minimum absolute atomic E-state index is 0.297. The van der Waals surface area contributed by atoms with Gasteiger partial charge >= 0.3 is 5.97 Å². The summed E-state index contributed by atoms with van der Waals surface area (Å²) in [6, 6.07) is 5.64. The van der Waals surface area contributed by atoms with Crippen molar-refractivity contribution in [2.75, 3.05) is 7.11 Å². The molecule has 0 fully saturated rings. The molecule has 1 heterocycles. The number of H-pyrrole nitrogens is 1. The maximum atomic E-state index is 11.5. The number of imidazole rings is 1. The lowest BCUT2D eigenvalue weighted by Gasteiger charge is -2.08. The Morgan fingerprint density at radius 2 is 2.29 bits per heavy atom. The lowest BCUT2D eigenvalue weighted by Crippen LogP contribution is -2.06. The number of nitrogens with zero attached hydrogens (tertiary/aromatic N) is 1. The predicted molar refractivity (Wildman–Crippen MR) is 63.9 cm³/mol. The van der Waals surface area contributed by atoms with E-state index in [1.54, 1.807) is 18.6 Å². The van der Waals surface area contributed by atoms with Gasteiger partial charge in [0.2, 0.25) is 0 Å². The van der Waals surface area contributed by atoms with Crippen LogP contribution in [0.3, 0.4) is 0 Å². The molecule has 17 heavy (non-hydrogen) atoms. The van der Waals surface area contributed by atoms with Gasteiger partial charge in [0.05, 0.1) is 19.0 Å². The van der Waals surface area contributed by atoms with Gasteiger partial charge in [-0.05, 0) is 24.1 Å². The van der Waals surface area contributed by atoms with Gasteiger partial charge in [-0.3, -0.25) is 0 Å². The van der Waals surface area contributed by atoms with Crippen LogP contribution in [0.5, 0.6) is 0 Å². The first-order valence-electron chi connectivity index (χ1n) is 5.36. The molecule has 0 saturated heterocycles. The summed E-state index contributed by atoms with van der Waals surface area (Å²) in [4.78, 5) is 18.6. The summed E-state index contributed by atoms with van der Waals surface area (Å²) < 4.78 is 4.75. The minimum atomic E-state index is -0.297. The van der Waals surface area contributed by atoms with Crippen LogP contribution in [0.25, 0.3) is 0 Å². The molecule has 1 N–H and O–H groups in total. The van der Waals surface area contributed by atoms with E-state index in [0.717, 1.165) is 23.2 Å². The Hall–Kier alpha value is -2.10. The van der Waals surface area contributed by atoms with E-state index in [-0.39, 0.29) is 5.97 Å². The predicted octanol–water partition coefficient (Wildman–Crippen LogP) is 2.10. The summed E-state index contributed by atoms with van der Waals surface area (Å²) in [7, 11) is 1.39. The first-order chi connectivity index (χ1) is 8.22. The number of carbonyl (C=O) groups is 1. The monoisotopic (exact) mass is 232 g/mol. The second-order valence-electron chi connectivity index (χ2n) is 3.83. The van der Waals surface area contributed by atoms with Crippen molar-refractivity contribution in [3.05, 3.63) is 53.1 Å². The lowest BCUT2D eigenvalue weighted by molar-refractivity contribution is 0.0600. The van der Waals surface area contributed by atoms with Crippen LogP contribution in [-0.2, 0) is 11.2 Å². The summed E-state index contributed by atoms with van der Waals surface area (Å²) in [6.07, 6.45) is 4.16. The van der Waals surface area contributed by atoms with Crippen LogP contribution in [-0.4, -0.2) is 23.0 Å². The maximum absolute atomic E-state index is 11.5. The number of aromatic amines is 1. The number of ether oxygens (including phenoxy) is 1. The van der Waals surface area contributed by atoms with Crippen molar-refractivity contribution >= 4 is 5.97 Å². The zero-order valence-corrected chi connectivity index (χ0v) is 9.86. The topological polar surface area (TPSA) is 55.0 Å². The lowest BCUT2D eigenvalue weighted by atomic mass is 9.99. The van der Waals surface area contributed by atoms with Gasteiger partial charge < -0.3 is 9.72 Å². The molecule has 0 saturated carbocycles. The van der Waals surface area contributed by atoms with E-state index < -0.39 is 0 Å². The van der Waals surface area contributed by atoms with E-state index in [1.165, 1.54) is 7.11 Å². The molecule has 0 unspecified atom stereocenters. The largest absolute Gasteiger partial charge is 0.465 e. The van der Waals surface area contributed by atoms with E-state index in [1.807, 2.05) is 19.1 Å². The summed E-state index contributed by atoms with van der Waals surface area (Å²) in [6.45, 7) is 1.93. The summed E-state index contributed by atoms with van der Waals surface area (Å²) in [5.41, 5.74) is 3.69. The normalized spacial score (nSPS) is 10.2. The highest BCUT2D eigenvalue weighted by Crippen LogP contribution is 2.17. The molecule has 1 aromatic heterocycles. The fourth-order valence-corrected chi connectivity index (χ4v) is 1.79. The molecule has 0 aliphatic rings. The quantitative estimate of drug-likeness (QED) is 0.824. The standard InChI is InChI=1S/C13H14N2O2/c1-9-10(6-11-7-14-8-15-11)4-3-5-12(9)13(16)17-2/h3-5,7-8H,6H2,1-2H3,(H,14,15)/i14+1,15+1. The Balaban J connectivity index is 2.32. The molecule has 4 heteroatoms. The third-order valence-corrected chi connectivity index (χ3v) is 2.79. The summed E-state index contributed by atoms with van der Waals surface area (Å²) in [5.74, 6) is -0.297. The van der Waals surface area contributed by atoms with Crippen LogP contribution < -0.4 is 0 Å². The molecule has 2 aromatic rings. The molecule has 0 aliphatic carbocycles. The second-order valence-corrected chi connectivity index (χ2v) is 3.83. The molecule has 4 nitrogen and oxygen atoms in total. The number of benzene rings is 1.